The molecule has 0 saturated carbocycles. The molecule has 1 amide bonds. The predicted molar refractivity (Wildman–Crippen MR) is 86.2 cm³/mol. The molecule has 0 spiro atoms. The van der Waals surface area contributed by atoms with Crippen LogP contribution in [-0.2, 0) is 47.7 Å². The standard InChI is InChI=1S/C16H20F3NO10/c1-6(21)26-5-10-12(27-7(2)22)13(28-8(3)23)11(14(30-10)29-9(4)24)20-15(25)16(17,18)19/h10-14H,5H2,1-4H3,(H,20,25)/t10-,11+,12+,13+,14+/m1/s1. The van der Waals surface area contributed by atoms with Gasteiger partial charge in [-0.3, -0.25) is 24.0 Å². The lowest BCUT2D eigenvalue weighted by molar-refractivity contribution is -0.272. The SMILES string of the molecule is CC(=O)OC[C@H]1O[C@H](OC(C)=O)[C@@H](NC(=O)C(F)(F)F)[C@H](OC(C)=O)[C@H]1OC(C)=O. The fourth-order valence-electron chi connectivity index (χ4n) is 2.55. The Kier molecular flexibility index (Phi) is 8.57. The summed E-state index contributed by atoms with van der Waals surface area (Å²) in [5, 5.41) is 1.52. The number of esters is 4. The third kappa shape index (κ3) is 7.50. The molecule has 0 aliphatic carbocycles. The van der Waals surface area contributed by atoms with Crippen LogP contribution >= 0.6 is 0 Å². The zero-order valence-corrected chi connectivity index (χ0v) is 16.3. The van der Waals surface area contributed by atoms with Crippen molar-refractivity contribution in [2.45, 2.75) is 64.5 Å². The molecule has 1 N–H and O–H groups in total. The van der Waals surface area contributed by atoms with Crippen molar-refractivity contribution in [3.63, 3.8) is 0 Å². The van der Waals surface area contributed by atoms with E-state index < -0.39 is 73.2 Å². The molecule has 1 aliphatic rings. The zero-order chi connectivity index (χ0) is 23.2. The second-order valence-corrected chi connectivity index (χ2v) is 6.10. The third-order valence-electron chi connectivity index (χ3n) is 3.54. The van der Waals surface area contributed by atoms with E-state index >= 15 is 0 Å². The molecule has 0 aromatic carbocycles. The van der Waals surface area contributed by atoms with E-state index in [9.17, 15) is 37.1 Å². The molecule has 0 bridgehead atoms. The molecule has 1 aliphatic heterocycles. The number of hydrogen-bond acceptors (Lipinski definition) is 10. The van der Waals surface area contributed by atoms with E-state index in [0.717, 1.165) is 27.7 Å². The Bertz CT molecular complexity index is 695. The molecular weight excluding hydrogens is 423 g/mol. The Morgan fingerprint density at radius 2 is 1.33 bits per heavy atom. The van der Waals surface area contributed by atoms with Crippen molar-refractivity contribution in [3.8, 4) is 0 Å². The maximum absolute atomic E-state index is 12.8. The highest BCUT2D eigenvalue weighted by Gasteiger charge is 2.54. The summed E-state index contributed by atoms with van der Waals surface area (Å²) in [5.41, 5.74) is 0. The summed E-state index contributed by atoms with van der Waals surface area (Å²) >= 11 is 0. The Balaban J connectivity index is 3.39. The van der Waals surface area contributed by atoms with Gasteiger partial charge in [-0.25, -0.2) is 0 Å². The van der Waals surface area contributed by atoms with Gasteiger partial charge in [-0.1, -0.05) is 0 Å². The highest BCUT2D eigenvalue weighted by atomic mass is 19.4. The van der Waals surface area contributed by atoms with Crippen molar-refractivity contribution in [3.05, 3.63) is 0 Å². The van der Waals surface area contributed by atoms with Gasteiger partial charge in [0, 0.05) is 27.7 Å². The summed E-state index contributed by atoms with van der Waals surface area (Å²) in [5.74, 6) is -6.20. The molecule has 5 atom stereocenters. The van der Waals surface area contributed by atoms with E-state index in [1.54, 1.807) is 0 Å². The Hall–Kier alpha value is -2.90. The average Bonchev–Trinajstić information content (AvgIpc) is 2.56. The van der Waals surface area contributed by atoms with Gasteiger partial charge in [-0.2, -0.15) is 13.2 Å². The molecule has 0 radical (unpaired) electrons. The lowest BCUT2D eigenvalue weighted by atomic mass is 9.96. The molecule has 0 aromatic rings. The summed E-state index contributed by atoms with van der Waals surface area (Å²) in [7, 11) is 0. The minimum atomic E-state index is -5.34. The average molecular weight is 443 g/mol. The lowest BCUT2D eigenvalue weighted by Gasteiger charge is -2.44. The number of nitrogens with one attached hydrogen (secondary N) is 1. The largest absolute Gasteiger partial charge is 0.471 e. The number of alkyl halides is 3. The molecule has 0 unspecified atom stereocenters. The van der Waals surface area contributed by atoms with Crippen LogP contribution in [0.25, 0.3) is 0 Å². The van der Waals surface area contributed by atoms with E-state index in [-0.39, 0.29) is 0 Å². The van der Waals surface area contributed by atoms with Gasteiger partial charge < -0.3 is 29.0 Å². The Labute approximate surface area is 168 Å². The van der Waals surface area contributed by atoms with Gasteiger partial charge in [0.25, 0.3) is 0 Å². The van der Waals surface area contributed by atoms with E-state index in [4.69, 9.17) is 23.7 Å². The van der Waals surface area contributed by atoms with Gasteiger partial charge in [-0.05, 0) is 0 Å². The second kappa shape index (κ2) is 10.2. The maximum Gasteiger partial charge on any atom is 0.471 e. The third-order valence-corrected chi connectivity index (χ3v) is 3.54. The Morgan fingerprint density at radius 3 is 1.77 bits per heavy atom. The van der Waals surface area contributed by atoms with Crippen molar-refractivity contribution in [1.29, 1.82) is 0 Å². The van der Waals surface area contributed by atoms with Crippen molar-refractivity contribution < 1.29 is 60.8 Å². The van der Waals surface area contributed by atoms with Crippen LogP contribution in [-0.4, -0.2) is 73.2 Å². The predicted octanol–water partition coefficient (Wildman–Crippen LogP) is -0.252. The van der Waals surface area contributed by atoms with Gasteiger partial charge in [0.15, 0.2) is 12.2 Å². The van der Waals surface area contributed by atoms with Gasteiger partial charge in [0.2, 0.25) is 6.29 Å². The van der Waals surface area contributed by atoms with Crippen molar-refractivity contribution >= 4 is 29.8 Å². The minimum Gasteiger partial charge on any atom is -0.463 e. The number of carbonyl (C=O) groups is 5. The molecular formula is C16H20F3NO10. The molecule has 14 heteroatoms. The molecule has 30 heavy (non-hydrogen) atoms. The van der Waals surface area contributed by atoms with E-state index in [0.29, 0.717) is 0 Å². The summed E-state index contributed by atoms with van der Waals surface area (Å²) < 4.78 is 63.2. The number of hydrogen-bond donors (Lipinski definition) is 1. The van der Waals surface area contributed by atoms with Crippen molar-refractivity contribution in [1.82, 2.24) is 5.32 Å². The highest BCUT2D eigenvalue weighted by molar-refractivity contribution is 5.82. The smallest absolute Gasteiger partial charge is 0.463 e. The molecule has 11 nitrogen and oxygen atoms in total. The van der Waals surface area contributed by atoms with E-state index in [1.165, 1.54) is 5.32 Å². The molecule has 1 saturated heterocycles. The molecule has 1 rings (SSSR count). The van der Waals surface area contributed by atoms with Gasteiger partial charge >= 0.3 is 36.0 Å². The fourth-order valence-corrected chi connectivity index (χ4v) is 2.55. The fraction of sp³-hybridized carbons (Fsp3) is 0.688. The number of rotatable bonds is 6. The number of ether oxygens (including phenoxy) is 5. The van der Waals surface area contributed by atoms with Crippen molar-refractivity contribution in [2.75, 3.05) is 6.61 Å². The second-order valence-electron chi connectivity index (χ2n) is 6.10. The van der Waals surface area contributed by atoms with Crippen LogP contribution in [0.5, 0.6) is 0 Å². The number of amides is 1. The Morgan fingerprint density at radius 1 is 0.833 bits per heavy atom. The summed E-state index contributed by atoms with van der Waals surface area (Å²) in [6.45, 7) is 3.22. The van der Waals surface area contributed by atoms with Crippen LogP contribution in [0.1, 0.15) is 27.7 Å². The number of halogens is 3. The van der Waals surface area contributed by atoms with Crippen LogP contribution in [0, 0.1) is 0 Å². The first-order valence-corrected chi connectivity index (χ1v) is 8.40. The minimum absolute atomic E-state index is 0.594. The van der Waals surface area contributed by atoms with Crippen LogP contribution in [0.15, 0.2) is 0 Å². The lowest BCUT2D eigenvalue weighted by Crippen LogP contribution is -2.67. The normalized spacial score (nSPS) is 26.2. The van der Waals surface area contributed by atoms with Crippen molar-refractivity contribution in [2.24, 2.45) is 0 Å². The van der Waals surface area contributed by atoms with Crippen LogP contribution in [0.4, 0.5) is 13.2 Å². The highest BCUT2D eigenvalue weighted by Crippen LogP contribution is 2.29. The molecule has 170 valence electrons. The van der Waals surface area contributed by atoms with E-state index in [1.807, 2.05) is 0 Å². The molecule has 1 heterocycles. The van der Waals surface area contributed by atoms with Gasteiger partial charge in [-0.15, -0.1) is 0 Å². The topological polar surface area (TPSA) is 144 Å². The quantitative estimate of drug-likeness (QED) is 0.431. The van der Waals surface area contributed by atoms with Gasteiger partial charge in [0.05, 0.1) is 0 Å². The van der Waals surface area contributed by atoms with E-state index in [2.05, 4.69) is 0 Å². The van der Waals surface area contributed by atoms with Crippen LogP contribution in [0.2, 0.25) is 0 Å². The first-order valence-electron chi connectivity index (χ1n) is 8.40. The maximum atomic E-state index is 12.8. The van der Waals surface area contributed by atoms with Gasteiger partial charge in [0.1, 0.15) is 18.8 Å². The summed E-state index contributed by atoms with van der Waals surface area (Å²) in [6, 6.07) is -1.91. The van der Waals surface area contributed by atoms with Crippen LogP contribution in [0.3, 0.4) is 0 Å². The molecule has 0 aromatic heterocycles. The monoisotopic (exact) mass is 443 g/mol. The summed E-state index contributed by atoms with van der Waals surface area (Å²) in [4.78, 5) is 57.0. The number of carbonyl (C=O) groups excluding carboxylic acids is 5. The molecule has 1 fully saturated rings. The van der Waals surface area contributed by atoms with Crippen LogP contribution < -0.4 is 5.32 Å². The first kappa shape index (κ1) is 25.1. The first-order chi connectivity index (χ1) is 13.7. The summed E-state index contributed by atoms with van der Waals surface area (Å²) in [6.07, 6.45) is -12.0. The zero-order valence-electron chi connectivity index (χ0n) is 16.3.